The molecule has 0 radical (unpaired) electrons. The normalized spacial score (nSPS) is 10.6. The van der Waals surface area contributed by atoms with Gasteiger partial charge in [-0.25, -0.2) is 9.97 Å². The summed E-state index contributed by atoms with van der Waals surface area (Å²) in [5.74, 6) is -2.20. The first-order chi connectivity index (χ1) is 12.0. The standard InChI is InChI=1S/C17H13N3O4S/c21-14(22)9-20-17(24)15-16(23)12-5-4-11(7-10(12)8-19-15)25-13-3-1-2-6-18-13/h1-8,23H,9H2,(H,20,24)(H,21,22). The SMILES string of the molecule is O=C(O)CNC(=O)c1ncc2cc(Sc3ccccn3)ccc2c1O. The van der Waals surface area contributed by atoms with E-state index >= 15 is 0 Å². The summed E-state index contributed by atoms with van der Waals surface area (Å²) in [6.45, 7) is -0.544. The number of carbonyl (C=O) groups is 2. The zero-order chi connectivity index (χ0) is 17.8. The summed E-state index contributed by atoms with van der Waals surface area (Å²) in [7, 11) is 0. The van der Waals surface area contributed by atoms with Crippen LogP contribution in [-0.2, 0) is 4.79 Å². The lowest BCUT2D eigenvalue weighted by Crippen LogP contribution is -2.29. The molecule has 8 heteroatoms. The van der Waals surface area contributed by atoms with Gasteiger partial charge in [-0.15, -0.1) is 0 Å². The van der Waals surface area contributed by atoms with E-state index in [1.54, 1.807) is 18.3 Å². The van der Waals surface area contributed by atoms with Crippen LogP contribution in [0.25, 0.3) is 10.8 Å². The lowest BCUT2D eigenvalue weighted by molar-refractivity contribution is -0.135. The van der Waals surface area contributed by atoms with Crippen molar-refractivity contribution in [3.05, 3.63) is 54.5 Å². The van der Waals surface area contributed by atoms with Gasteiger partial charge in [0.15, 0.2) is 11.4 Å². The first-order valence-corrected chi connectivity index (χ1v) is 8.07. The molecule has 126 valence electrons. The lowest BCUT2D eigenvalue weighted by Gasteiger charge is -2.08. The molecular weight excluding hydrogens is 342 g/mol. The third kappa shape index (κ3) is 3.86. The number of aliphatic carboxylic acids is 1. The molecular formula is C17H13N3O4S. The number of rotatable bonds is 5. The number of aromatic nitrogens is 2. The second-order valence-electron chi connectivity index (χ2n) is 5.05. The Labute approximate surface area is 146 Å². The monoisotopic (exact) mass is 355 g/mol. The number of nitrogens with zero attached hydrogens (tertiary/aromatic N) is 2. The predicted molar refractivity (Wildman–Crippen MR) is 91.7 cm³/mol. The first kappa shape index (κ1) is 16.7. The number of carboxylic acids is 1. The average molecular weight is 355 g/mol. The maximum Gasteiger partial charge on any atom is 0.322 e. The van der Waals surface area contributed by atoms with Gasteiger partial charge in [0.1, 0.15) is 11.6 Å². The van der Waals surface area contributed by atoms with Gasteiger partial charge in [-0.3, -0.25) is 9.59 Å². The molecule has 1 aromatic carbocycles. The highest BCUT2D eigenvalue weighted by Crippen LogP contribution is 2.32. The predicted octanol–water partition coefficient (Wildman–Crippen LogP) is 2.30. The summed E-state index contributed by atoms with van der Waals surface area (Å²) in [5.41, 5.74) is -0.209. The van der Waals surface area contributed by atoms with Crippen LogP contribution in [0.15, 0.2) is 58.7 Å². The van der Waals surface area contributed by atoms with Crippen LogP contribution in [0.5, 0.6) is 5.75 Å². The van der Waals surface area contributed by atoms with Crippen LogP contribution >= 0.6 is 11.8 Å². The Hall–Kier alpha value is -3.13. The largest absolute Gasteiger partial charge is 0.505 e. The Morgan fingerprint density at radius 1 is 1.16 bits per heavy atom. The van der Waals surface area contributed by atoms with Crippen molar-refractivity contribution in [3.8, 4) is 5.75 Å². The van der Waals surface area contributed by atoms with Crippen LogP contribution in [0.1, 0.15) is 10.5 Å². The number of carboxylic acid groups (broad SMARTS) is 1. The van der Waals surface area contributed by atoms with Crippen LogP contribution in [0, 0.1) is 0 Å². The molecule has 3 N–H and O–H groups in total. The van der Waals surface area contributed by atoms with E-state index < -0.39 is 18.4 Å². The fourth-order valence-corrected chi connectivity index (χ4v) is 3.01. The summed E-state index contributed by atoms with van der Waals surface area (Å²) in [5, 5.41) is 23.0. The van der Waals surface area contributed by atoms with Crippen LogP contribution in [0.3, 0.4) is 0 Å². The molecule has 0 unspecified atom stereocenters. The highest BCUT2D eigenvalue weighted by molar-refractivity contribution is 7.99. The maximum absolute atomic E-state index is 11.9. The van der Waals surface area contributed by atoms with E-state index in [1.807, 2.05) is 24.3 Å². The molecule has 1 amide bonds. The van der Waals surface area contributed by atoms with Crippen molar-refractivity contribution in [2.75, 3.05) is 6.54 Å². The molecule has 0 fully saturated rings. The van der Waals surface area contributed by atoms with Gasteiger partial charge in [-0.1, -0.05) is 17.8 Å². The van der Waals surface area contributed by atoms with Crippen LogP contribution in [0.4, 0.5) is 0 Å². The summed E-state index contributed by atoms with van der Waals surface area (Å²) in [6.07, 6.45) is 3.17. The minimum Gasteiger partial charge on any atom is -0.505 e. The molecule has 3 rings (SSSR count). The Balaban J connectivity index is 1.88. The van der Waals surface area contributed by atoms with Gasteiger partial charge in [0.2, 0.25) is 0 Å². The smallest absolute Gasteiger partial charge is 0.322 e. The summed E-state index contributed by atoms with van der Waals surface area (Å²) in [4.78, 5) is 31.5. The van der Waals surface area contributed by atoms with Gasteiger partial charge in [0, 0.05) is 28.1 Å². The molecule has 2 aromatic heterocycles. The van der Waals surface area contributed by atoms with Crippen molar-refractivity contribution in [2.24, 2.45) is 0 Å². The number of benzene rings is 1. The minimum atomic E-state index is -1.18. The van der Waals surface area contributed by atoms with E-state index in [4.69, 9.17) is 5.11 Å². The van der Waals surface area contributed by atoms with E-state index in [0.717, 1.165) is 9.92 Å². The number of amides is 1. The number of hydrogen-bond acceptors (Lipinski definition) is 6. The Morgan fingerprint density at radius 3 is 2.72 bits per heavy atom. The molecule has 2 heterocycles. The van der Waals surface area contributed by atoms with Crippen molar-refractivity contribution in [1.29, 1.82) is 0 Å². The maximum atomic E-state index is 11.9. The number of pyridine rings is 2. The molecule has 25 heavy (non-hydrogen) atoms. The fourth-order valence-electron chi connectivity index (χ4n) is 2.18. The molecule has 0 aliphatic carbocycles. The summed E-state index contributed by atoms with van der Waals surface area (Å²) < 4.78 is 0. The fraction of sp³-hybridized carbons (Fsp3) is 0.0588. The van der Waals surface area contributed by atoms with Crippen molar-refractivity contribution in [1.82, 2.24) is 15.3 Å². The second kappa shape index (κ2) is 7.18. The molecule has 0 aliphatic heterocycles. The van der Waals surface area contributed by atoms with E-state index in [1.165, 1.54) is 18.0 Å². The quantitative estimate of drug-likeness (QED) is 0.644. The van der Waals surface area contributed by atoms with Crippen LogP contribution < -0.4 is 5.32 Å². The van der Waals surface area contributed by atoms with Gasteiger partial charge >= 0.3 is 5.97 Å². The third-order valence-electron chi connectivity index (χ3n) is 3.31. The Kier molecular flexibility index (Phi) is 4.80. The van der Waals surface area contributed by atoms with Gasteiger partial charge in [-0.2, -0.15) is 0 Å². The topological polar surface area (TPSA) is 112 Å². The number of nitrogens with one attached hydrogen (secondary N) is 1. The lowest BCUT2D eigenvalue weighted by atomic mass is 10.1. The van der Waals surface area contributed by atoms with Gasteiger partial charge in [-0.05, 0) is 30.3 Å². The number of carbonyl (C=O) groups excluding carboxylic acids is 1. The van der Waals surface area contributed by atoms with Gasteiger partial charge in [0.25, 0.3) is 5.91 Å². The molecule has 0 saturated carbocycles. The minimum absolute atomic E-state index is 0.209. The van der Waals surface area contributed by atoms with Crippen molar-refractivity contribution in [2.45, 2.75) is 9.92 Å². The number of aromatic hydroxyl groups is 1. The van der Waals surface area contributed by atoms with Crippen LogP contribution in [-0.4, -0.2) is 38.6 Å². The highest BCUT2D eigenvalue weighted by Gasteiger charge is 2.16. The third-order valence-corrected chi connectivity index (χ3v) is 4.25. The van der Waals surface area contributed by atoms with Crippen molar-refractivity contribution >= 4 is 34.4 Å². The molecule has 0 atom stereocenters. The number of fused-ring (bicyclic) bond motifs is 1. The van der Waals surface area contributed by atoms with Crippen molar-refractivity contribution < 1.29 is 19.8 Å². The van der Waals surface area contributed by atoms with Gasteiger partial charge in [0.05, 0.1) is 0 Å². The molecule has 0 saturated heterocycles. The average Bonchev–Trinajstić information content (AvgIpc) is 2.61. The van der Waals surface area contributed by atoms with E-state index in [-0.39, 0.29) is 11.4 Å². The number of hydrogen-bond donors (Lipinski definition) is 3. The van der Waals surface area contributed by atoms with Crippen LogP contribution in [0.2, 0.25) is 0 Å². The van der Waals surface area contributed by atoms with E-state index in [2.05, 4.69) is 15.3 Å². The Morgan fingerprint density at radius 2 is 2.00 bits per heavy atom. The molecule has 0 aliphatic rings. The molecule has 3 aromatic rings. The summed E-state index contributed by atoms with van der Waals surface area (Å²) >= 11 is 1.47. The molecule has 0 bridgehead atoms. The van der Waals surface area contributed by atoms with E-state index in [9.17, 15) is 14.7 Å². The highest BCUT2D eigenvalue weighted by atomic mass is 32.2. The van der Waals surface area contributed by atoms with Crippen molar-refractivity contribution in [3.63, 3.8) is 0 Å². The van der Waals surface area contributed by atoms with Gasteiger partial charge < -0.3 is 15.5 Å². The second-order valence-corrected chi connectivity index (χ2v) is 6.14. The zero-order valence-electron chi connectivity index (χ0n) is 12.8. The van der Waals surface area contributed by atoms with E-state index in [0.29, 0.717) is 10.8 Å². The zero-order valence-corrected chi connectivity index (χ0v) is 13.7. The molecule has 7 nitrogen and oxygen atoms in total. The summed E-state index contributed by atoms with van der Waals surface area (Å²) in [6, 6.07) is 10.9. The molecule has 0 spiro atoms. The first-order valence-electron chi connectivity index (χ1n) is 7.25. The Bertz CT molecular complexity index is 947.